The minimum Gasteiger partial charge on any atom is -0.491 e. The Morgan fingerprint density at radius 2 is 2.06 bits per heavy atom. The zero-order chi connectivity index (χ0) is 12.2. The van der Waals surface area contributed by atoms with E-state index in [4.69, 9.17) is 4.74 Å². The number of hydrogen-bond donors (Lipinski definition) is 0. The molecule has 0 aliphatic carbocycles. The van der Waals surface area contributed by atoms with Crippen LogP contribution in [0.1, 0.15) is 5.56 Å². The summed E-state index contributed by atoms with van der Waals surface area (Å²) in [6.07, 6.45) is 3.18. The number of sulfone groups is 1. The standard InChI is InChI=1S/C11H16O3S2/c1-9-4-5-10(11(8-9)15-2)14-6-7-16(3,12)13/h4-5,8H,6-7H2,1-3H3. The summed E-state index contributed by atoms with van der Waals surface area (Å²) in [5.41, 5.74) is 1.17. The molecule has 0 N–H and O–H groups in total. The van der Waals surface area contributed by atoms with E-state index in [0.29, 0.717) is 0 Å². The van der Waals surface area contributed by atoms with Gasteiger partial charge in [-0.3, -0.25) is 0 Å². The molecular formula is C11H16O3S2. The van der Waals surface area contributed by atoms with Crippen LogP contribution >= 0.6 is 11.8 Å². The Balaban J connectivity index is 2.67. The molecular weight excluding hydrogens is 244 g/mol. The van der Waals surface area contributed by atoms with Gasteiger partial charge in [0.25, 0.3) is 0 Å². The van der Waals surface area contributed by atoms with Gasteiger partial charge in [-0.25, -0.2) is 8.42 Å². The molecule has 0 saturated carbocycles. The molecule has 1 aromatic carbocycles. The lowest BCUT2D eigenvalue weighted by Gasteiger charge is -2.10. The van der Waals surface area contributed by atoms with Crippen LogP contribution in [0.3, 0.4) is 0 Å². The minimum absolute atomic E-state index is 0.0503. The van der Waals surface area contributed by atoms with Gasteiger partial charge in [0, 0.05) is 11.2 Å². The van der Waals surface area contributed by atoms with Crippen molar-refractivity contribution in [1.29, 1.82) is 0 Å². The summed E-state index contributed by atoms with van der Waals surface area (Å²) in [5.74, 6) is 0.802. The van der Waals surface area contributed by atoms with Crippen LogP contribution in [0, 0.1) is 6.92 Å². The highest BCUT2D eigenvalue weighted by Crippen LogP contribution is 2.28. The first kappa shape index (κ1) is 13.4. The molecule has 0 fully saturated rings. The van der Waals surface area contributed by atoms with Crippen LogP contribution in [-0.2, 0) is 9.84 Å². The van der Waals surface area contributed by atoms with Crippen LogP contribution in [0.4, 0.5) is 0 Å². The molecule has 0 radical (unpaired) electrons. The quantitative estimate of drug-likeness (QED) is 0.761. The van der Waals surface area contributed by atoms with E-state index in [1.807, 2.05) is 31.4 Å². The van der Waals surface area contributed by atoms with E-state index in [0.717, 1.165) is 10.6 Å². The highest BCUT2D eigenvalue weighted by molar-refractivity contribution is 7.98. The van der Waals surface area contributed by atoms with Gasteiger partial charge in [0.1, 0.15) is 12.4 Å². The van der Waals surface area contributed by atoms with E-state index in [9.17, 15) is 8.42 Å². The number of ether oxygens (including phenoxy) is 1. The normalized spacial score (nSPS) is 11.4. The first-order valence-electron chi connectivity index (χ1n) is 4.87. The van der Waals surface area contributed by atoms with Gasteiger partial charge < -0.3 is 4.74 Å². The molecule has 0 heterocycles. The predicted octanol–water partition coefficient (Wildman–Crippen LogP) is 2.14. The van der Waals surface area contributed by atoms with E-state index in [2.05, 4.69) is 0 Å². The third kappa shape index (κ3) is 4.45. The summed E-state index contributed by atoms with van der Waals surface area (Å²) in [7, 11) is -2.95. The highest BCUT2D eigenvalue weighted by atomic mass is 32.2. The van der Waals surface area contributed by atoms with Gasteiger partial charge in [0.05, 0.1) is 5.75 Å². The summed E-state index contributed by atoms with van der Waals surface area (Å²) in [5, 5.41) is 0. The molecule has 1 rings (SSSR count). The fraction of sp³-hybridized carbons (Fsp3) is 0.455. The summed E-state index contributed by atoms with van der Waals surface area (Å²) >= 11 is 1.59. The largest absolute Gasteiger partial charge is 0.491 e. The Morgan fingerprint density at radius 1 is 1.38 bits per heavy atom. The van der Waals surface area contributed by atoms with Crippen LogP contribution in [-0.4, -0.2) is 33.3 Å². The maximum atomic E-state index is 10.9. The fourth-order valence-corrected chi connectivity index (χ4v) is 2.22. The highest BCUT2D eigenvalue weighted by Gasteiger charge is 2.06. The van der Waals surface area contributed by atoms with Gasteiger partial charge in [-0.05, 0) is 30.9 Å². The summed E-state index contributed by atoms with van der Waals surface area (Å²) in [6.45, 7) is 2.22. The first-order chi connectivity index (χ1) is 7.42. The molecule has 0 unspecified atom stereocenters. The van der Waals surface area contributed by atoms with E-state index < -0.39 is 9.84 Å². The van der Waals surface area contributed by atoms with Crippen molar-refractivity contribution in [3.05, 3.63) is 23.8 Å². The predicted molar refractivity (Wildman–Crippen MR) is 68.2 cm³/mol. The molecule has 0 aliphatic rings. The Hall–Kier alpha value is -0.680. The van der Waals surface area contributed by atoms with E-state index in [1.54, 1.807) is 11.8 Å². The van der Waals surface area contributed by atoms with Crippen molar-refractivity contribution in [2.45, 2.75) is 11.8 Å². The lowest BCUT2D eigenvalue weighted by molar-refractivity contribution is 0.333. The van der Waals surface area contributed by atoms with Crippen LogP contribution in [0.5, 0.6) is 5.75 Å². The molecule has 90 valence electrons. The minimum atomic E-state index is -2.95. The third-order valence-electron chi connectivity index (χ3n) is 2.03. The topological polar surface area (TPSA) is 43.4 Å². The zero-order valence-corrected chi connectivity index (χ0v) is 11.3. The maximum absolute atomic E-state index is 10.9. The third-order valence-corrected chi connectivity index (χ3v) is 3.70. The molecule has 0 aromatic heterocycles. The van der Waals surface area contributed by atoms with Crippen molar-refractivity contribution in [2.75, 3.05) is 24.9 Å². The number of thioether (sulfide) groups is 1. The van der Waals surface area contributed by atoms with Crippen molar-refractivity contribution < 1.29 is 13.2 Å². The molecule has 0 atom stereocenters. The lowest BCUT2D eigenvalue weighted by atomic mass is 10.2. The van der Waals surface area contributed by atoms with E-state index in [-0.39, 0.29) is 12.4 Å². The van der Waals surface area contributed by atoms with Gasteiger partial charge in [-0.1, -0.05) is 6.07 Å². The van der Waals surface area contributed by atoms with Gasteiger partial charge in [0.2, 0.25) is 0 Å². The van der Waals surface area contributed by atoms with Crippen molar-refractivity contribution in [3.8, 4) is 5.75 Å². The van der Waals surface area contributed by atoms with Gasteiger partial charge in [0.15, 0.2) is 9.84 Å². The Bertz CT molecular complexity index is 452. The van der Waals surface area contributed by atoms with Gasteiger partial charge in [-0.15, -0.1) is 11.8 Å². The molecule has 3 nitrogen and oxygen atoms in total. The SMILES string of the molecule is CSc1cc(C)ccc1OCCS(C)(=O)=O. The second-order valence-corrected chi connectivity index (χ2v) is 6.74. The second-order valence-electron chi connectivity index (χ2n) is 3.63. The monoisotopic (exact) mass is 260 g/mol. The fourth-order valence-electron chi connectivity index (χ4n) is 1.20. The lowest BCUT2D eigenvalue weighted by Crippen LogP contribution is -2.12. The molecule has 5 heteroatoms. The average Bonchev–Trinajstić information content (AvgIpc) is 2.18. The Morgan fingerprint density at radius 3 is 2.62 bits per heavy atom. The molecule has 0 bridgehead atoms. The molecule has 0 amide bonds. The number of hydrogen-bond acceptors (Lipinski definition) is 4. The van der Waals surface area contributed by atoms with Crippen molar-refractivity contribution in [3.63, 3.8) is 0 Å². The summed E-state index contributed by atoms with van der Waals surface area (Å²) < 4.78 is 27.3. The Kier molecular flexibility index (Phi) is 4.68. The Labute approximate surface area is 101 Å². The smallest absolute Gasteiger partial charge is 0.150 e. The second kappa shape index (κ2) is 5.59. The summed E-state index contributed by atoms with van der Waals surface area (Å²) in [4.78, 5) is 1.04. The van der Waals surface area contributed by atoms with Gasteiger partial charge >= 0.3 is 0 Å². The zero-order valence-electron chi connectivity index (χ0n) is 9.69. The average molecular weight is 260 g/mol. The van der Waals surface area contributed by atoms with Crippen molar-refractivity contribution >= 4 is 21.6 Å². The van der Waals surface area contributed by atoms with Crippen LogP contribution < -0.4 is 4.74 Å². The van der Waals surface area contributed by atoms with Crippen LogP contribution in [0.25, 0.3) is 0 Å². The molecule has 0 aliphatic heterocycles. The van der Waals surface area contributed by atoms with E-state index >= 15 is 0 Å². The first-order valence-corrected chi connectivity index (χ1v) is 8.16. The molecule has 1 aromatic rings. The van der Waals surface area contributed by atoms with Gasteiger partial charge in [-0.2, -0.15) is 0 Å². The number of rotatable bonds is 5. The molecule has 16 heavy (non-hydrogen) atoms. The van der Waals surface area contributed by atoms with Crippen molar-refractivity contribution in [1.82, 2.24) is 0 Å². The number of benzene rings is 1. The van der Waals surface area contributed by atoms with Crippen LogP contribution in [0.2, 0.25) is 0 Å². The molecule has 0 saturated heterocycles. The van der Waals surface area contributed by atoms with Crippen LogP contribution in [0.15, 0.2) is 23.1 Å². The molecule has 0 spiro atoms. The summed E-state index contributed by atoms with van der Waals surface area (Å²) in [6, 6.07) is 5.86. The number of aryl methyl sites for hydroxylation is 1. The van der Waals surface area contributed by atoms with E-state index in [1.165, 1.54) is 11.8 Å². The maximum Gasteiger partial charge on any atom is 0.150 e. The van der Waals surface area contributed by atoms with Crippen molar-refractivity contribution in [2.24, 2.45) is 0 Å².